The Bertz CT molecular complexity index is 2290. The van der Waals surface area contributed by atoms with Crippen LogP contribution in [0.25, 0.3) is 0 Å². The van der Waals surface area contributed by atoms with Crippen molar-refractivity contribution >= 4 is 35.7 Å². The number of ether oxygens (including phenoxy) is 1. The van der Waals surface area contributed by atoms with E-state index in [0.717, 1.165) is 24.8 Å². The molecule has 18 nitrogen and oxygen atoms in total. The number of carbonyl (C=O) groups excluding carboxylic acids is 6. The SMILES string of the molecule is CC[C@H]1C[C@@H]2CC3=C[C@@H](C)[C@H](C[C@H](O)[C@@H](C)CC/C=C/C(O)C(C)[C@@H](O)C/C=C/C=C/[C@H](O)[C@H](C)[C@@H](O)[C@@H](CCC(C)=O)C(=O)N[C@H](C(=O)N[C@@H](Cc4cccc(O)c4)C(=O)N4CCCC(C=O)N4)C(C)C)O[C@@]32NC1=O. The summed E-state index contributed by atoms with van der Waals surface area (Å²) in [4.78, 5) is 78.5. The van der Waals surface area contributed by atoms with Crippen LogP contribution in [0.5, 0.6) is 5.75 Å². The molecule has 4 amide bonds. The minimum absolute atomic E-state index is 0.00876. The fourth-order valence-corrected chi connectivity index (χ4v) is 11.0. The van der Waals surface area contributed by atoms with E-state index in [1.165, 1.54) is 30.1 Å². The molecule has 18 heteroatoms. The maximum absolute atomic E-state index is 14.1. The number of carbonyl (C=O) groups is 6. The molecule has 3 fully saturated rings. The first-order valence-electron chi connectivity index (χ1n) is 28.0. The Morgan fingerprint density at radius 1 is 0.935 bits per heavy atom. The van der Waals surface area contributed by atoms with Crippen molar-refractivity contribution in [3.63, 3.8) is 0 Å². The first kappa shape index (κ1) is 62.8. The summed E-state index contributed by atoms with van der Waals surface area (Å²) in [6.07, 6.45) is 12.7. The van der Waals surface area contributed by atoms with Crippen LogP contribution in [0.3, 0.4) is 0 Å². The number of aldehydes is 1. The number of hydrogen-bond acceptors (Lipinski definition) is 14. The van der Waals surface area contributed by atoms with Crippen molar-refractivity contribution in [1.82, 2.24) is 26.4 Å². The summed E-state index contributed by atoms with van der Waals surface area (Å²) in [6.45, 7) is 14.4. The fraction of sp³-hybridized carbons (Fsp3) is 0.661. The third-order valence-corrected chi connectivity index (χ3v) is 16.5. The van der Waals surface area contributed by atoms with Gasteiger partial charge in [0.1, 0.15) is 29.9 Å². The van der Waals surface area contributed by atoms with Crippen molar-refractivity contribution in [2.24, 2.45) is 47.3 Å². The molecule has 2 saturated heterocycles. The summed E-state index contributed by atoms with van der Waals surface area (Å²) in [5.74, 6) is -5.01. The van der Waals surface area contributed by atoms with E-state index in [-0.39, 0.29) is 79.4 Å². The molecule has 3 heterocycles. The molecule has 77 heavy (non-hydrogen) atoms. The number of aliphatic hydroxyl groups excluding tert-OH is 5. The zero-order valence-electron chi connectivity index (χ0n) is 46.4. The molecule has 0 bridgehead atoms. The number of hydrogen-bond donors (Lipinski definition) is 10. The smallest absolute Gasteiger partial charge is 0.259 e. The predicted octanol–water partition coefficient (Wildman–Crippen LogP) is 4.41. The Kier molecular flexibility index (Phi) is 23.8. The Balaban J connectivity index is 1.09. The molecule has 1 aromatic carbocycles. The summed E-state index contributed by atoms with van der Waals surface area (Å²) >= 11 is 0. The zero-order chi connectivity index (χ0) is 56.7. The Hall–Kier alpha value is -5.08. The van der Waals surface area contributed by atoms with Crippen molar-refractivity contribution in [2.75, 3.05) is 6.54 Å². The van der Waals surface area contributed by atoms with Gasteiger partial charge in [-0.2, -0.15) is 0 Å². The Morgan fingerprint density at radius 3 is 2.34 bits per heavy atom. The highest BCUT2D eigenvalue weighted by atomic mass is 16.5. The van der Waals surface area contributed by atoms with E-state index in [1.54, 1.807) is 64.1 Å². The quantitative estimate of drug-likeness (QED) is 0.0303. The van der Waals surface area contributed by atoms with Gasteiger partial charge in [-0.15, -0.1) is 0 Å². The highest BCUT2D eigenvalue weighted by Crippen LogP contribution is 2.54. The number of hydrazine groups is 1. The number of phenols is 1. The number of aliphatic hydroxyl groups is 5. The molecule has 1 spiro atoms. The largest absolute Gasteiger partial charge is 0.508 e. The molecule has 5 rings (SSSR count). The van der Waals surface area contributed by atoms with Crippen molar-refractivity contribution in [3.05, 3.63) is 77.9 Å². The van der Waals surface area contributed by atoms with Crippen LogP contribution in [0.2, 0.25) is 0 Å². The van der Waals surface area contributed by atoms with Crippen LogP contribution in [0.1, 0.15) is 132 Å². The normalized spacial score (nSPS) is 26.9. The highest BCUT2D eigenvalue weighted by Gasteiger charge is 2.60. The monoisotopic (exact) mass is 1080 g/mol. The van der Waals surface area contributed by atoms with E-state index in [4.69, 9.17) is 4.74 Å². The standard InChI is InChI=1S/C59H89N5O13/c1-9-41-30-43-31-42-27-36(5)52(77-59(42,43)62-55(41)73)32-51(71)35(4)17-13-14-23-49(69)38(7)48(68)21-11-10-12-22-50(70)39(8)54(72)46(25-24-37(6)66)56(74)61-53(34(2)3)57(75)60-47(29-40-18-15-20-45(67)28-40)58(76)64-26-16-19-44(33-65)63-64/h10-12,14-15,18,20,22-23,27-28,33-36,38-39,41,43-44,46-54,63,67-72H,9,13,16-17,19,21,24-26,29-32H2,1-8H3,(H,60,75)(H,61,74)(H,62,73)/b11-10+,22-12+,23-14+/t35-,36+,38?,39-,41-,43+,44?,46+,47-,48-,49?,50-,51-,52-,53-,54+,59-/m0/s1. The van der Waals surface area contributed by atoms with E-state index in [1.807, 2.05) is 19.9 Å². The van der Waals surface area contributed by atoms with Crippen LogP contribution in [0.4, 0.5) is 0 Å². The number of amides is 4. The average Bonchev–Trinajstić information content (AvgIpc) is 3.39. The molecule has 10 N–H and O–H groups in total. The molecule has 3 unspecified atom stereocenters. The van der Waals surface area contributed by atoms with Gasteiger partial charge < -0.3 is 60.9 Å². The van der Waals surface area contributed by atoms with Gasteiger partial charge in [-0.05, 0) is 99.8 Å². The maximum Gasteiger partial charge on any atom is 0.259 e. The van der Waals surface area contributed by atoms with Crippen LogP contribution in [-0.2, 0) is 39.9 Å². The van der Waals surface area contributed by atoms with Gasteiger partial charge in [0, 0.05) is 55.4 Å². The van der Waals surface area contributed by atoms with Crippen LogP contribution < -0.4 is 21.4 Å². The van der Waals surface area contributed by atoms with Gasteiger partial charge in [0.15, 0.2) is 5.72 Å². The van der Waals surface area contributed by atoms with Gasteiger partial charge in [0.2, 0.25) is 17.7 Å². The molecule has 3 aliphatic heterocycles. The summed E-state index contributed by atoms with van der Waals surface area (Å²) in [7, 11) is 0. The topological polar surface area (TPSA) is 284 Å². The third-order valence-electron chi connectivity index (χ3n) is 16.5. The van der Waals surface area contributed by atoms with Crippen LogP contribution in [0.15, 0.2) is 72.4 Å². The number of piperidine rings is 1. The molecule has 0 aromatic heterocycles. The average molecular weight is 1080 g/mol. The number of aromatic hydroxyl groups is 1. The second-order valence-corrected chi connectivity index (χ2v) is 22.8. The van der Waals surface area contributed by atoms with Crippen LogP contribution >= 0.6 is 0 Å². The minimum Gasteiger partial charge on any atom is -0.508 e. The molecule has 4 aliphatic rings. The van der Waals surface area contributed by atoms with Crippen LogP contribution in [0, 0.1) is 47.3 Å². The van der Waals surface area contributed by atoms with E-state index in [0.29, 0.717) is 44.0 Å². The van der Waals surface area contributed by atoms with Gasteiger partial charge in [0.25, 0.3) is 5.91 Å². The fourth-order valence-electron chi connectivity index (χ4n) is 11.0. The molecule has 17 atom stereocenters. The molecule has 1 saturated carbocycles. The van der Waals surface area contributed by atoms with Gasteiger partial charge in [-0.25, -0.2) is 5.43 Å². The first-order valence-corrected chi connectivity index (χ1v) is 28.0. The van der Waals surface area contributed by atoms with Gasteiger partial charge in [-0.1, -0.05) is 103 Å². The molecular weight excluding hydrogens is 987 g/mol. The number of nitrogens with zero attached hydrogens (tertiary/aromatic N) is 1. The number of benzene rings is 1. The summed E-state index contributed by atoms with van der Waals surface area (Å²) < 4.78 is 6.63. The Morgan fingerprint density at radius 2 is 1.66 bits per heavy atom. The summed E-state index contributed by atoms with van der Waals surface area (Å²) in [6, 6.07) is 3.30. The zero-order valence-corrected chi connectivity index (χ0v) is 46.4. The first-order chi connectivity index (χ1) is 36.5. The number of rotatable bonds is 29. The second kappa shape index (κ2) is 29.2. The van der Waals surface area contributed by atoms with Gasteiger partial charge >= 0.3 is 0 Å². The second-order valence-electron chi connectivity index (χ2n) is 22.8. The van der Waals surface area contributed by atoms with Crippen molar-refractivity contribution in [1.29, 1.82) is 0 Å². The summed E-state index contributed by atoms with van der Waals surface area (Å²) in [5, 5.41) is 75.8. The summed E-state index contributed by atoms with van der Waals surface area (Å²) in [5.41, 5.74) is 3.86. The lowest BCUT2D eigenvalue weighted by molar-refractivity contribution is -0.205. The van der Waals surface area contributed by atoms with E-state index in [2.05, 4.69) is 34.4 Å². The Labute approximate surface area is 455 Å². The number of phenolic OH excluding ortho intramolecular Hbond substituents is 1. The molecule has 0 radical (unpaired) electrons. The number of allylic oxidation sites excluding steroid dienone is 3. The molecule has 1 aromatic rings. The molecule has 1 aliphatic carbocycles. The predicted molar refractivity (Wildman–Crippen MR) is 291 cm³/mol. The van der Waals surface area contributed by atoms with Gasteiger partial charge in [-0.3, -0.25) is 24.2 Å². The van der Waals surface area contributed by atoms with Crippen molar-refractivity contribution < 1.29 is 64.1 Å². The third kappa shape index (κ3) is 17.0. The van der Waals surface area contributed by atoms with Crippen molar-refractivity contribution in [3.8, 4) is 5.75 Å². The molecular formula is C59H89N5O13. The van der Waals surface area contributed by atoms with E-state index in [9.17, 15) is 59.4 Å². The number of Topliss-reactive ketones (excluding diaryl/α,β-unsaturated/α-hetero) is 1. The van der Waals surface area contributed by atoms with Crippen LogP contribution in [-0.4, -0.2) is 138 Å². The van der Waals surface area contributed by atoms with Gasteiger partial charge in [0.05, 0.1) is 48.6 Å². The number of ketones is 1. The number of nitrogens with one attached hydrogen (secondary N) is 4. The van der Waals surface area contributed by atoms with E-state index >= 15 is 0 Å². The maximum atomic E-state index is 14.1. The highest BCUT2D eigenvalue weighted by molar-refractivity contribution is 5.93. The van der Waals surface area contributed by atoms with E-state index < -0.39 is 95.8 Å². The minimum atomic E-state index is -1.46. The molecule has 428 valence electrons. The van der Waals surface area contributed by atoms with Crippen molar-refractivity contribution in [2.45, 2.75) is 193 Å². The lowest BCUT2D eigenvalue weighted by Crippen LogP contribution is -2.70. The lowest BCUT2D eigenvalue weighted by Gasteiger charge is -2.59. The lowest BCUT2D eigenvalue weighted by atomic mass is 9.62.